The fraction of sp³-hybridized carbons (Fsp3) is 0.462. The summed E-state index contributed by atoms with van der Waals surface area (Å²) in [5.74, 6) is 2.52. The zero-order chi connectivity index (χ0) is 11.5. The van der Waals surface area contributed by atoms with E-state index in [1.807, 2.05) is 23.5 Å². The molecular weight excluding hydrogens is 248 g/mol. The number of hydrogen-bond acceptors (Lipinski definition) is 4. The average Bonchev–Trinajstić information content (AvgIpc) is 3.02. The van der Waals surface area contributed by atoms with Crippen molar-refractivity contribution in [1.29, 1.82) is 0 Å². The van der Waals surface area contributed by atoms with Gasteiger partial charge in [-0.1, -0.05) is 42.1 Å². The van der Waals surface area contributed by atoms with Crippen LogP contribution in [0.3, 0.4) is 0 Å². The van der Waals surface area contributed by atoms with Crippen molar-refractivity contribution < 1.29 is 0 Å². The molecule has 4 heteroatoms. The zero-order valence-electron chi connectivity index (χ0n) is 9.63. The molecule has 1 saturated heterocycles. The van der Waals surface area contributed by atoms with E-state index < -0.39 is 0 Å². The normalized spacial score (nSPS) is 28.1. The minimum Gasteiger partial charge on any atom is -0.361 e. The first kappa shape index (κ1) is 11.5. The lowest BCUT2D eigenvalue weighted by molar-refractivity contribution is 0.683. The summed E-state index contributed by atoms with van der Waals surface area (Å²) in [5.41, 5.74) is 1.39. The Morgan fingerprint density at radius 1 is 1.24 bits per heavy atom. The smallest absolute Gasteiger partial charge is 0.157 e. The SMILES string of the molecule is c1ccc(C2CN=C(NC3CCSC3)S2)cc1. The highest BCUT2D eigenvalue weighted by molar-refractivity contribution is 8.14. The van der Waals surface area contributed by atoms with Gasteiger partial charge in [-0.05, 0) is 17.7 Å². The minimum absolute atomic E-state index is 0.507. The van der Waals surface area contributed by atoms with E-state index in [-0.39, 0.29) is 0 Å². The van der Waals surface area contributed by atoms with Gasteiger partial charge in [-0.3, -0.25) is 4.99 Å². The fourth-order valence-corrected chi connectivity index (χ4v) is 4.37. The Morgan fingerprint density at radius 3 is 2.88 bits per heavy atom. The number of rotatable bonds is 2. The number of benzene rings is 1. The summed E-state index contributed by atoms with van der Waals surface area (Å²) < 4.78 is 0. The number of aliphatic imine (C=N–C) groups is 1. The van der Waals surface area contributed by atoms with E-state index in [1.54, 1.807) is 0 Å². The molecule has 2 aliphatic heterocycles. The molecule has 2 atom stereocenters. The maximum Gasteiger partial charge on any atom is 0.157 e. The summed E-state index contributed by atoms with van der Waals surface area (Å²) in [6.45, 7) is 0.914. The van der Waals surface area contributed by atoms with Gasteiger partial charge >= 0.3 is 0 Å². The molecule has 2 heterocycles. The number of amidine groups is 1. The molecule has 2 nitrogen and oxygen atoms in total. The molecule has 2 aliphatic rings. The second kappa shape index (κ2) is 5.36. The van der Waals surface area contributed by atoms with Crippen LogP contribution in [-0.2, 0) is 0 Å². The number of nitrogens with one attached hydrogen (secondary N) is 1. The average molecular weight is 264 g/mol. The van der Waals surface area contributed by atoms with E-state index >= 15 is 0 Å². The molecule has 0 saturated carbocycles. The largest absolute Gasteiger partial charge is 0.361 e. The summed E-state index contributed by atoms with van der Waals surface area (Å²) in [7, 11) is 0. The molecular formula is C13H16N2S2. The fourth-order valence-electron chi connectivity index (χ4n) is 2.12. The third kappa shape index (κ3) is 2.80. The van der Waals surface area contributed by atoms with Crippen LogP contribution in [0.15, 0.2) is 35.3 Å². The van der Waals surface area contributed by atoms with Crippen LogP contribution in [0.25, 0.3) is 0 Å². The summed E-state index contributed by atoms with van der Waals surface area (Å²) >= 11 is 3.92. The molecule has 0 radical (unpaired) electrons. The maximum absolute atomic E-state index is 4.62. The van der Waals surface area contributed by atoms with Gasteiger partial charge in [0.2, 0.25) is 0 Å². The van der Waals surface area contributed by atoms with Crippen LogP contribution in [0.2, 0.25) is 0 Å². The van der Waals surface area contributed by atoms with Crippen molar-refractivity contribution in [2.75, 3.05) is 18.1 Å². The molecule has 1 aromatic carbocycles. The Balaban J connectivity index is 1.57. The van der Waals surface area contributed by atoms with Gasteiger partial charge in [0.1, 0.15) is 0 Å². The predicted octanol–water partition coefficient (Wildman–Crippen LogP) is 2.93. The lowest BCUT2D eigenvalue weighted by Gasteiger charge is -2.13. The zero-order valence-corrected chi connectivity index (χ0v) is 11.3. The van der Waals surface area contributed by atoms with Gasteiger partial charge in [-0.15, -0.1) is 0 Å². The summed E-state index contributed by atoms with van der Waals surface area (Å²) in [6, 6.07) is 11.3. The van der Waals surface area contributed by atoms with Crippen molar-refractivity contribution in [3.8, 4) is 0 Å². The van der Waals surface area contributed by atoms with Crippen molar-refractivity contribution in [3.63, 3.8) is 0 Å². The second-order valence-electron chi connectivity index (χ2n) is 4.37. The number of hydrogen-bond donors (Lipinski definition) is 1. The van der Waals surface area contributed by atoms with Gasteiger partial charge in [-0.2, -0.15) is 11.8 Å². The third-order valence-corrected chi connectivity index (χ3v) is 5.42. The van der Waals surface area contributed by atoms with Gasteiger partial charge < -0.3 is 5.32 Å². The van der Waals surface area contributed by atoms with Crippen LogP contribution in [0.1, 0.15) is 17.2 Å². The second-order valence-corrected chi connectivity index (χ2v) is 6.71. The summed E-state index contributed by atoms with van der Waals surface area (Å²) in [6.07, 6.45) is 1.28. The quantitative estimate of drug-likeness (QED) is 0.889. The molecule has 0 spiro atoms. The monoisotopic (exact) mass is 264 g/mol. The molecule has 90 valence electrons. The maximum atomic E-state index is 4.62. The lowest BCUT2D eigenvalue weighted by atomic mass is 10.1. The molecule has 1 fully saturated rings. The molecule has 0 aromatic heterocycles. The topological polar surface area (TPSA) is 24.4 Å². The highest BCUT2D eigenvalue weighted by Gasteiger charge is 2.24. The Morgan fingerprint density at radius 2 is 2.12 bits per heavy atom. The van der Waals surface area contributed by atoms with Crippen LogP contribution in [0, 0.1) is 0 Å². The third-order valence-electron chi connectivity index (χ3n) is 3.08. The molecule has 3 rings (SSSR count). The van der Waals surface area contributed by atoms with Crippen LogP contribution >= 0.6 is 23.5 Å². The standard InChI is InChI=1S/C13H16N2S2/c1-2-4-10(5-3-1)12-8-14-13(17-12)15-11-6-7-16-9-11/h1-5,11-12H,6-9H2,(H,14,15). The van der Waals surface area contributed by atoms with Gasteiger partial charge in [0, 0.05) is 11.8 Å². The van der Waals surface area contributed by atoms with Crippen molar-refractivity contribution in [2.45, 2.75) is 17.7 Å². The van der Waals surface area contributed by atoms with Gasteiger partial charge in [0.15, 0.2) is 5.17 Å². The van der Waals surface area contributed by atoms with E-state index in [2.05, 4.69) is 40.6 Å². The Kier molecular flexibility index (Phi) is 3.62. The molecule has 17 heavy (non-hydrogen) atoms. The number of nitrogens with zero attached hydrogens (tertiary/aromatic N) is 1. The first-order valence-corrected chi connectivity index (χ1v) is 8.05. The van der Waals surface area contributed by atoms with Gasteiger partial charge in [0.25, 0.3) is 0 Å². The van der Waals surface area contributed by atoms with Crippen LogP contribution in [0.4, 0.5) is 0 Å². The Hall–Kier alpha value is -0.610. The molecule has 0 amide bonds. The molecule has 2 unspecified atom stereocenters. The van der Waals surface area contributed by atoms with E-state index in [9.17, 15) is 0 Å². The lowest BCUT2D eigenvalue weighted by Crippen LogP contribution is -2.32. The van der Waals surface area contributed by atoms with Gasteiger partial charge in [-0.25, -0.2) is 0 Å². The van der Waals surface area contributed by atoms with Crippen molar-refractivity contribution >= 4 is 28.7 Å². The number of thioether (sulfide) groups is 2. The van der Waals surface area contributed by atoms with Gasteiger partial charge in [0.05, 0.1) is 11.8 Å². The molecule has 1 N–H and O–H groups in total. The van der Waals surface area contributed by atoms with Crippen molar-refractivity contribution in [2.24, 2.45) is 4.99 Å². The summed E-state index contributed by atoms with van der Waals surface area (Å²) in [4.78, 5) is 4.62. The van der Waals surface area contributed by atoms with Crippen LogP contribution < -0.4 is 5.32 Å². The Labute approximate surface area is 111 Å². The highest BCUT2D eigenvalue weighted by atomic mass is 32.2. The predicted molar refractivity (Wildman–Crippen MR) is 77.9 cm³/mol. The molecule has 0 bridgehead atoms. The first-order valence-electron chi connectivity index (χ1n) is 6.02. The highest BCUT2D eigenvalue weighted by Crippen LogP contribution is 2.34. The van der Waals surface area contributed by atoms with E-state index in [4.69, 9.17) is 0 Å². The minimum atomic E-state index is 0.507. The molecule has 0 aliphatic carbocycles. The van der Waals surface area contributed by atoms with E-state index in [1.165, 1.54) is 23.5 Å². The van der Waals surface area contributed by atoms with E-state index in [0.29, 0.717) is 11.3 Å². The van der Waals surface area contributed by atoms with Crippen molar-refractivity contribution in [3.05, 3.63) is 35.9 Å². The van der Waals surface area contributed by atoms with E-state index in [0.717, 1.165) is 11.7 Å². The summed E-state index contributed by atoms with van der Waals surface area (Å²) in [5, 5.41) is 5.22. The van der Waals surface area contributed by atoms with Crippen LogP contribution in [-0.4, -0.2) is 29.3 Å². The Bertz CT molecular complexity index is 399. The first-order chi connectivity index (χ1) is 8.42. The van der Waals surface area contributed by atoms with Crippen LogP contribution in [0.5, 0.6) is 0 Å². The van der Waals surface area contributed by atoms with Crippen molar-refractivity contribution in [1.82, 2.24) is 5.32 Å². The molecule has 1 aromatic rings.